The zero-order valence-electron chi connectivity index (χ0n) is 11.4. The lowest BCUT2D eigenvalue weighted by molar-refractivity contribution is 0.0694. The minimum absolute atomic E-state index is 0.0341. The molecule has 1 atom stereocenters. The summed E-state index contributed by atoms with van der Waals surface area (Å²) in [4.78, 5) is 11.0. The first-order valence-corrected chi connectivity index (χ1v) is 7.52. The number of carboxylic acid groups (broad SMARTS) is 1. The molecule has 0 radical (unpaired) electrons. The number of hydrogen-bond acceptors (Lipinski definition) is 6. The number of benzene rings is 1. The van der Waals surface area contributed by atoms with E-state index in [0.717, 1.165) is 12.8 Å². The maximum absolute atomic E-state index is 11.0. The third-order valence-corrected chi connectivity index (χ3v) is 3.73. The molecule has 1 unspecified atom stereocenters. The number of aromatic carboxylic acids is 1. The number of nitrogens with two attached hydrogens (primary N) is 1. The molecule has 1 saturated carbocycles. The lowest BCUT2D eigenvalue weighted by atomic mass is 10.0. The number of thiol groups is 1. The van der Waals surface area contributed by atoms with Crippen LogP contribution in [0.1, 0.15) is 35.7 Å². The van der Waals surface area contributed by atoms with Crippen molar-refractivity contribution in [1.82, 2.24) is 0 Å². The second kappa shape index (κ2) is 6.00. The van der Waals surface area contributed by atoms with Crippen molar-refractivity contribution in [3.63, 3.8) is 0 Å². The summed E-state index contributed by atoms with van der Waals surface area (Å²) >= 11 is 0. The molecule has 2 rings (SSSR count). The summed E-state index contributed by atoms with van der Waals surface area (Å²) < 4.78 is 31.8. The van der Waals surface area contributed by atoms with E-state index in [-0.39, 0.29) is 16.9 Å². The molecular weight excluding hydrogens is 298 g/mol. The quantitative estimate of drug-likeness (QED) is 0.504. The van der Waals surface area contributed by atoms with Crippen LogP contribution in [0.5, 0.6) is 5.75 Å². The molecule has 1 aliphatic carbocycles. The Balaban J connectivity index is 2.34. The molecule has 116 valence electrons. The Morgan fingerprint density at radius 3 is 2.67 bits per heavy atom. The first-order chi connectivity index (χ1) is 9.79. The molecular formula is C13H17NO6S. The molecule has 0 aliphatic heterocycles. The Bertz CT molecular complexity index is 613. The zero-order valence-corrected chi connectivity index (χ0v) is 12.3. The van der Waals surface area contributed by atoms with Gasteiger partial charge in [0, 0.05) is 5.56 Å². The summed E-state index contributed by atoms with van der Waals surface area (Å²) in [6.07, 6.45) is 2.13. The fourth-order valence-corrected chi connectivity index (χ4v) is 2.29. The van der Waals surface area contributed by atoms with Crippen molar-refractivity contribution in [2.45, 2.75) is 25.5 Å². The number of hydrogen-bond donors (Lipinski definition) is 3. The number of carboxylic acids is 1. The molecule has 0 saturated heterocycles. The molecule has 0 amide bonds. The van der Waals surface area contributed by atoms with Crippen molar-refractivity contribution >= 4 is 17.0 Å². The monoisotopic (exact) mass is 315 g/mol. The fourth-order valence-electron chi connectivity index (χ4n) is 1.88. The van der Waals surface area contributed by atoms with Crippen LogP contribution in [0.15, 0.2) is 18.2 Å². The van der Waals surface area contributed by atoms with Crippen molar-refractivity contribution in [3.8, 4) is 5.75 Å². The van der Waals surface area contributed by atoms with Gasteiger partial charge in [-0.3, -0.25) is 5.73 Å². The SMILES string of the molecule is CC(N)(O[SH](=O)=O)c1ccc(C(=O)O)cc1OCC1CC1. The van der Waals surface area contributed by atoms with Gasteiger partial charge in [0.2, 0.25) is 0 Å². The van der Waals surface area contributed by atoms with E-state index >= 15 is 0 Å². The first-order valence-electron chi connectivity index (χ1n) is 6.42. The van der Waals surface area contributed by atoms with E-state index in [1.165, 1.54) is 25.1 Å². The molecule has 0 aromatic heterocycles. The highest BCUT2D eigenvalue weighted by atomic mass is 32.2. The summed E-state index contributed by atoms with van der Waals surface area (Å²) in [6, 6.07) is 4.06. The minimum Gasteiger partial charge on any atom is -0.493 e. The van der Waals surface area contributed by atoms with Gasteiger partial charge in [-0.1, -0.05) is 6.07 Å². The van der Waals surface area contributed by atoms with Crippen molar-refractivity contribution in [2.75, 3.05) is 6.61 Å². The highest BCUT2D eigenvalue weighted by Gasteiger charge is 2.30. The van der Waals surface area contributed by atoms with Gasteiger partial charge in [-0.15, -0.1) is 0 Å². The number of rotatable bonds is 7. The van der Waals surface area contributed by atoms with Gasteiger partial charge in [0.25, 0.3) is 11.0 Å². The minimum atomic E-state index is -3.15. The van der Waals surface area contributed by atoms with Crippen LogP contribution >= 0.6 is 0 Å². The van der Waals surface area contributed by atoms with Crippen LogP contribution in [-0.4, -0.2) is 26.1 Å². The maximum Gasteiger partial charge on any atom is 0.335 e. The van der Waals surface area contributed by atoms with Crippen LogP contribution in [0.2, 0.25) is 0 Å². The Hall–Kier alpha value is -1.64. The average molecular weight is 315 g/mol. The standard InChI is InChI=1S/C13H17NO6S/c1-13(14,20-21(17)18)10-5-4-9(12(15)16)6-11(10)19-7-8-2-3-8/h4-6,8,21H,2-3,7,14H2,1H3,(H,15,16). The van der Waals surface area contributed by atoms with E-state index in [2.05, 4.69) is 0 Å². The van der Waals surface area contributed by atoms with Crippen LogP contribution in [0.25, 0.3) is 0 Å². The molecule has 1 aromatic rings. The number of carbonyl (C=O) groups is 1. The maximum atomic E-state index is 11.0. The van der Waals surface area contributed by atoms with Gasteiger partial charge in [0.05, 0.1) is 12.2 Å². The third kappa shape index (κ3) is 4.16. The summed E-state index contributed by atoms with van der Waals surface area (Å²) in [7, 11) is -3.15. The second-order valence-electron chi connectivity index (χ2n) is 5.19. The molecule has 1 fully saturated rings. The predicted molar refractivity (Wildman–Crippen MR) is 74.6 cm³/mol. The smallest absolute Gasteiger partial charge is 0.335 e. The molecule has 1 aromatic carbocycles. The molecule has 0 heterocycles. The van der Waals surface area contributed by atoms with Crippen molar-refractivity contribution in [1.29, 1.82) is 0 Å². The summed E-state index contributed by atoms with van der Waals surface area (Å²) in [5.41, 5.74) is 4.55. The molecule has 1 aliphatic rings. The molecule has 8 heteroatoms. The van der Waals surface area contributed by atoms with Gasteiger partial charge in [-0.25, -0.2) is 17.4 Å². The van der Waals surface area contributed by atoms with Crippen LogP contribution in [0.4, 0.5) is 0 Å². The summed E-state index contributed by atoms with van der Waals surface area (Å²) in [5.74, 6) is -0.427. The van der Waals surface area contributed by atoms with Gasteiger partial charge >= 0.3 is 5.97 Å². The van der Waals surface area contributed by atoms with Crippen LogP contribution in [0, 0.1) is 5.92 Å². The van der Waals surface area contributed by atoms with E-state index in [1.54, 1.807) is 0 Å². The van der Waals surface area contributed by atoms with Gasteiger partial charge < -0.3 is 9.84 Å². The topological polar surface area (TPSA) is 116 Å². The molecule has 21 heavy (non-hydrogen) atoms. The lowest BCUT2D eigenvalue weighted by Crippen LogP contribution is -2.36. The zero-order chi connectivity index (χ0) is 15.6. The average Bonchev–Trinajstić information content (AvgIpc) is 3.18. The third-order valence-electron chi connectivity index (χ3n) is 3.20. The Morgan fingerprint density at radius 1 is 1.48 bits per heavy atom. The van der Waals surface area contributed by atoms with Gasteiger partial charge in [-0.2, -0.15) is 0 Å². The summed E-state index contributed by atoms with van der Waals surface area (Å²) in [6.45, 7) is 1.81. The van der Waals surface area contributed by atoms with E-state index in [0.29, 0.717) is 12.5 Å². The Labute approximate surface area is 123 Å². The lowest BCUT2D eigenvalue weighted by Gasteiger charge is -2.24. The molecule has 0 spiro atoms. The van der Waals surface area contributed by atoms with Crippen LogP contribution in [0.3, 0.4) is 0 Å². The normalized spacial score (nSPS) is 17.5. The van der Waals surface area contributed by atoms with Crippen molar-refractivity contribution < 1.29 is 27.2 Å². The van der Waals surface area contributed by atoms with E-state index in [4.69, 9.17) is 19.8 Å². The fraction of sp³-hybridized carbons (Fsp3) is 0.462. The first kappa shape index (κ1) is 15.7. The highest BCUT2D eigenvalue weighted by Crippen LogP contribution is 2.34. The van der Waals surface area contributed by atoms with Crippen molar-refractivity contribution in [3.05, 3.63) is 29.3 Å². The second-order valence-corrected chi connectivity index (χ2v) is 5.82. The Kier molecular flexibility index (Phi) is 4.50. The number of ether oxygens (including phenoxy) is 1. The largest absolute Gasteiger partial charge is 0.493 e. The molecule has 7 nitrogen and oxygen atoms in total. The van der Waals surface area contributed by atoms with E-state index in [1.807, 2.05) is 0 Å². The van der Waals surface area contributed by atoms with Crippen LogP contribution in [-0.2, 0) is 20.9 Å². The van der Waals surface area contributed by atoms with Crippen molar-refractivity contribution in [2.24, 2.45) is 11.7 Å². The molecule has 3 N–H and O–H groups in total. The van der Waals surface area contributed by atoms with Gasteiger partial charge in [0.1, 0.15) is 5.75 Å². The van der Waals surface area contributed by atoms with E-state index in [9.17, 15) is 13.2 Å². The van der Waals surface area contributed by atoms with Gasteiger partial charge in [0.15, 0.2) is 5.72 Å². The Morgan fingerprint density at radius 2 is 2.14 bits per heavy atom. The molecule has 0 bridgehead atoms. The predicted octanol–water partition coefficient (Wildman–Crippen LogP) is 0.848. The van der Waals surface area contributed by atoms with E-state index < -0.39 is 22.7 Å². The highest BCUT2D eigenvalue weighted by molar-refractivity contribution is 7.67. The summed E-state index contributed by atoms with van der Waals surface area (Å²) in [5, 5.41) is 9.02. The van der Waals surface area contributed by atoms with Gasteiger partial charge in [-0.05, 0) is 37.8 Å². The van der Waals surface area contributed by atoms with Crippen LogP contribution < -0.4 is 10.5 Å².